The molecule has 2 atom stereocenters. The van der Waals surface area contributed by atoms with Crippen LogP contribution in [0, 0.1) is 6.92 Å². The molecule has 0 aromatic heterocycles. The van der Waals surface area contributed by atoms with Gasteiger partial charge < -0.3 is 10.4 Å². The molecule has 1 amide bonds. The second kappa shape index (κ2) is 5.82. The van der Waals surface area contributed by atoms with Crippen LogP contribution in [0.5, 0.6) is 0 Å². The molecule has 3 nitrogen and oxygen atoms in total. The lowest BCUT2D eigenvalue weighted by Gasteiger charge is -2.20. The van der Waals surface area contributed by atoms with Gasteiger partial charge in [0.25, 0.3) is 0 Å². The molecule has 0 fully saturated rings. The number of carbonyl (C=O) groups excluding carboxylic acids is 1. The van der Waals surface area contributed by atoms with Crippen molar-refractivity contribution in [2.45, 2.75) is 45.8 Å². The average Bonchev–Trinajstić information content (AvgIpc) is 2.27. The number of carbonyl (C=O) groups is 1. The van der Waals surface area contributed by atoms with Gasteiger partial charge >= 0.3 is 0 Å². The maximum absolute atomic E-state index is 11.7. The Labute approximate surface area is 103 Å². The number of hydrogen-bond acceptors (Lipinski definition) is 2. The molecule has 0 aliphatic carbocycles. The molecule has 2 unspecified atom stereocenters. The summed E-state index contributed by atoms with van der Waals surface area (Å²) >= 11 is 0. The van der Waals surface area contributed by atoms with Crippen molar-refractivity contribution in [1.29, 1.82) is 0 Å². The molecule has 0 aliphatic rings. The van der Waals surface area contributed by atoms with Crippen molar-refractivity contribution in [3.63, 3.8) is 0 Å². The van der Waals surface area contributed by atoms with Crippen LogP contribution in [0.2, 0.25) is 0 Å². The number of aliphatic hydroxyl groups is 1. The molecule has 0 radical (unpaired) electrons. The first-order valence-electron chi connectivity index (χ1n) is 5.97. The first-order chi connectivity index (χ1) is 7.91. The summed E-state index contributed by atoms with van der Waals surface area (Å²) in [7, 11) is 0. The van der Waals surface area contributed by atoms with Crippen molar-refractivity contribution in [3.05, 3.63) is 35.4 Å². The van der Waals surface area contributed by atoms with Gasteiger partial charge in [-0.15, -0.1) is 0 Å². The van der Waals surface area contributed by atoms with Crippen molar-refractivity contribution in [2.75, 3.05) is 0 Å². The lowest BCUT2D eigenvalue weighted by Crippen LogP contribution is -2.41. The summed E-state index contributed by atoms with van der Waals surface area (Å²) < 4.78 is 0. The van der Waals surface area contributed by atoms with Gasteiger partial charge in [-0.25, -0.2) is 0 Å². The molecule has 94 valence electrons. The Bertz CT molecular complexity index is 370. The zero-order valence-electron chi connectivity index (χ0n) is 10.9. The monoisotopic (exact) mass is 235 g/mol. The molecule has 0 bridgehead atoms. The molecular formula is C14H21NO2. The highest BCUT2D eigenvalue weighted by molar-refractivity contribution is 5.81. The summed E-state index contributed by atoms with van der Waals surface area (Å²) in [4.78, 5) is 11.7. The second-order valence-corrected chi connectivity index (χ2v) is 4.81. The highest BCUT2D eigenvalue weighted by Gasteiger charge is 2.23. The summed E-state index contributed by atoms with van der Waals surface area (Å²) in [6.45, 7) is 7.62. The van der Waals surface area contributed by atoms with Crippen molar-refractivity contribution < 1.29 is 9.90 Å². The van der Waals surface area contributed by atoms with Gasteiger partial charge in [-0.3, -0.25) is 4.79 Å². The molecule has 0 spiro atoms. The smallest absolute Gasteiger partial charge is 0.249 e. The van der Waals surface area contributed by atoms with Crippen LogP contribution < -0.4 is 5.32 Å². The fraction of sp³-hybridized carbons (Fsp3) is 0.500. The highest BCUT2D eigenvalue weighted by atomic mass is 16.3. The predicted octanol–water partition coefficient (Wildman–Crippen LogP) is 1.98. The Morgan fingerprint density at radius 1 is 1.18 bits per heavy atom. The van der Waals surface area contributed by atoms with E-state index in [1.165, 1.54) is 5.56 Å². The maximum atomic E-state index is 11.7. The summed E-state index contributed by atoms with van der Waals surface area (Å²) in [5.74, 6) is -0.512. The largest absolute Gasteiger partial charge is 0.383 e. The number of benzene rings is 1. The Morgan fingerprint density at radius 2 is 1.71 bits per heavy atom. The van der Waals surface area contributed by atoms with E-state index in [0.29, 0.717) is 0 Å². The Kier molecular flexibility index (Phi) is 4.70. The van der Waals surface area contributed by atoms with Crippen LogP contribution >= 0.6 is 0 Å². The zero-order chi connectivity index (χ0) is 13.0. The van der Waals surface area contributed by atoms with Gasteiger partial charge in [0, 0.05) is 12.0 Å². The Balaban J connectivity index is 2.72. The van der Waals surface area contributed by atoms with Gasteiger partial charge in [-0.2, -0.15) is 0 Å². The molecule has 0 aliphatic heterocycles. The molecule has 17 heavy (non-hydrogen) atoms. The lowest BCUT2D eigenvalue weighted by molar-refractivity contribution is -0.130. The summed E-state index contributed by atoms with van der Waals surface area (Å²) in [6, 6.07) is 7.91. The number of rotatable bonds is 4. The SMILES string of the molecule is Cc1ccc(C(C)C(O)C(=O)NC(C)C)cc1. The standard InChI is InChI=1S/C14H21NO2/c1-9(2)15-14(17)13(16)11(4)12-7-5-10(3)6-8-12/h5-9,11,13,16H,1-4H3,(H,15,17). The van der Waals surface area contributed by atoms with Crippen LogP contribution in [0.25, 0.3) is 0 Å². The van der Waals surface area contributed by atoms with E-state index in [1.54, 1.807) is 0 Å². The van der Waals surface area contributed by atoms with E-state index >= 15 is 0 Å². The van der Waals surface area contributed by atoms with E-state index in [-0.39, 0.29) is 17.9 Å². The molecular weight excluding hydrogens is 214 g/mol. The molecule has 0 heterocycles. The molecule has 2 N–H and O–H groups in total. The van der Waals surface area contributed by atoms with Crippen molar-refractivity contribution in [2.24, 2.45) is 0 Å². The van der Waals surface area contributed by atoms with E-state index in [1.807, 2.05) is 52.0 Å². The van der Waals surface area contributed by atoms with Gasteiger partial charge in [0.1, 0.15) is 6.10 Å². The number of nitrogens with one attached hydrogen (secondary N) is 1. The van der Waals surface area contributed by atoms with Crippen molar-refractivity contribution >= 4 is 5.91 Å². The first-order valence-corrected chi connectivity index (χ1v) is 5.97. The number of aryl methyl sites for hydroxylation is 1. The van der Waals surface area contributed by atoms with Crippen LogP contribution in [0.3, 0.4) is 0 Å². The van der Waals surface area contributed by atoms with E-state index in [0.717, 1.165) is 5.56 Å². The molecule has 1 aromatic carbocycles. The quantitative estimate of drug-likeness (QED) is 0.838. The van der Waals surface area contributed by atoms with Crippen LogP contribution in [0.1, 0.15) is 37.8 Å². The Hall–Kier alpha value is -1.35. The molecule has 0 saturated carbocycles. The van der Waals surface area contributed by atoms with Crippen LogP contribution in [0.15, 0.2) is 24.3 Å². The van der Waals surface area contributed by atoms with Crippen LogP contribution in [0.4, 0.5) is 0 Å². The third-order valence-corrected chi connectivity index (χ3v) is 2.78. The van der Waals surface area contributed by atoms with Crippen LogP contribution in [-0.2, 0) is 4.79 Å². The lowest BCUT2D eigenvalue weighted by atomic mass is 9.94. The zero-order valence-corrected chi connectivity index (χ0v) is 10.9. The Morgan fingerprint density at radius 3 is 2.18 bits per heavy atom. The van der Waals surface area contributed by atoms with Gasteiger partial charge in [-0.05, 0) is 26.3 Å². The van der Waals surface area contributed by atoms with Gasteiger partial charge in [0.2, 0.25) is 5.91 Å². The fourth-order valence-electron chi connectivity index (χ4n) is 1.65. The third kappa shape index (κ3) is 3.86. The van der Waals surface area contributed by atoms with Gasteiger partial charge in [0.05, 0.1) is 0 Å². The van der Waals surface area contributed by atoms with Crippen molar-refractivity contribution in [1.82, 2.24) is 5.32 Å². The van der Waals surface area contributed by atoms with E-state index < -0.39 is 6.10 Å². The third-order valence-electron chi connectivity index (χ3n) is 2.78. The van der Waals surface area contributed by atoms with Crippen LogP contribution in [-0.4, -0.2) is 23.2 Å². The number of aliphatic hydroxyl groups excluding tert-OH is 1. The molecule has 0 saturated heterocycles. The minimum atomic E-state index is -1.000. The van der Waals surface area contributed by atoms with E-state index in [9.17, 15) is 9.90 Å². The minimum absolute atomic E-state index is 0.0439. The fourth-order valence-corrected chi connectivity index (χ4v) is 1.65. The average molecular weight is 235 g/mol. The van der Waals surface area contributed by atoms with Gasteiger partial charge in [-0.1, -0.05) is 36.8 Å². The number of hydrogen-bond donors (Lipinski definition) is 2. The van der Waals surface area contributed by atoms with E-state index in [2.05, 4.69) is 5.32 Å². The second-order valence-electron chi connectivity index (χ2n) is 4.81. The molecule has 1 aromatic rings. The predicted molar refractivity (Wildman–Crippen MR) is 68.9 cm³/mol. The first kappa shape index (κ1) is 13.7. The summed E-state index contributed by atoms with van der Waals surface area (Å²) in [5, 5.41) is 12.7. The maximum Gasteiger partial charge on any atom is 0.249 e. The van der Waals surface area contributed by atoms with E-state index in [4.69, 9.17) is 0 Å². The molecule has 1 rings (SSSR count). The summed E-state index contributed by atoms with van der Waals surface area (Å²) in [6.07, 6.45) is -1.000. The summed E-state index contributed by atoms with van der Waals surface area (Å²) in [5.41, 5.74) is 2.14. The molecule has 3 heteroatoms. The number of amides is 1. The minimum Gasteiger partial charge on any atom is -0.383 e. The highest BCUT2D eigenvalue weighted by Crippen LogP contribution is 2.19. The van der Waals surface area contributed by atoms with Gasteiger partial charge in [0.15, 0.2) is 0 Å². The topological polar surface area (TPSA) is 49.3 Å². The normalized spacial score (nSPS) is 14.5. The van der Waals surface area contributed by atoms with Crippen molar-refractivity contribution in [3.8, 4) is 0 Å².